The first-order chi connectivity index (χ1) is 15.8. The van der Waals surface area contributed by atoms with Crippen LogP contribution in [0.4, 0.5) is 0 Å². The van der Waals surface area contributed by atoms with E-state index >= 15 is 0 Å². The molecule has 174 valence electrons. The lowest BCUT2D eigenvalue weighted by molar-refractivity contribution is -0.142. The molecule has 1 amide bonds. The van der Waals surface area contributed by atoms with Gasteiger partial charge in [0, 0.05) is 23.5 Å². The number of hydrogen-bond donors (Lipinski definition) is 4. The van der Waals surface area contributed by atoms with Crippen molar-refractivity contribution in [2.75, 3.05) is 6.79 Å². The summed E-state index contributed by atoms with van der Waals surface area (Å²) in [6.45, 7) is 4.00. The summed E-state index contributed by atoms with van der Waals surface area (Å²) in [7, 11) is 0. The maximum Gasteiger partial charge on any atom is 0.326 e. The van der Waals surface area contributed by atoms with E-state index in [0.29, 0.717) is 23.5 Å². The fourth-order valence-corrected chi connectivity index (χ4v) is 4.26. The molecule has 3 atom stereocenters. The van der Waals surface area contributed by atoms with Gasteiger partial charge < -0.3 is 30.0 Å². The van der Waals surface area contributed by atoms with Crippen LogP contribution in [-0.4, -0.2) is 46.0 Å². The molecule has 0 aliphatic carbocycles. The van der Waals surface area contributed by atoms with Crippen molar-refractivity contribution in [3.8, 4) is 11.5 Å². The normalized spacial score (nSPS) is 15.4. The number of aromatic amines is 1. The number of aromatic nitrogens is 1. The first-order valence-electron chi connectivity index (χ1n) is 11.0. The largest absolute Gasteiger partial charge is 0.480 e. The number of para-hydroxylation sites is 1. The second-order valence-electron chi connectivity index (χ2n) is 8.75. The van der Waals surface area contributed by atoms with Gasteiger partial charge in [0.1, 0.15) is 6.04 Å². The first-order valence-corrected chi connectivity index (χ1v) is 11.0. The highest BCUT2D eigenvalue weighted by atomic mass is 16.7. The summed E-state index contributed by atoms with van der Waals surface area (Å²) in [5, 5.41) is 24.3. The van der Waals surface area contributed by atoms with E-state index in [1.54, 1.807) is 24.4 Å². The minimum absolute atomic E-state index is 0.0932. The molecule has 1 aliphatic heterocycles. The predicted octanol–water partition coefficient (Wildman–Crippen LogP) is 3.20. The van der Waals surface area contributed by atoms with E-state index in [4.69, 9.17) is 9.47 Å². The Bertz CT molecular complexity index is 1150. The van der Waals surface area contributed by atoms with E-state index in [-0.39, 0.29) is 19.1 Å². The summed E-state index contributed by atoms with van der Waals surface area (Å²) in [4.78, 5) is 28.5. The Balaban J connectivity index is 1.59. The molecule has 0 saturated heterocycles. The van der Waals surface area contributed by atoms with Gasteiger partial charge in [-0.25, -0.2) is 4.79 Å². The molecule has 3 aromatic rings. The molecule has 4 rings (SSSR count). The number of carboxylic acids is 1. The fraction of sp³-hybridized carbons (Fsp3) is 0.360. The number of carboxylic acid groups (broad SMARTS) is 1. The van der Waals surface area contributed by atoms with Gasteiger partial charge in [-0.3, -0.25) is 4.79 Å². The summed E-state index contributed by atoms with van der Waals surface area (Å²) >= 11 is 0. The number of benzene rings is 2. The summed E-state index contributed by atoms with van der Waals surface area (Å²) < 4.78 is 10.8. The van der Waals surface area contributed by atoms with E-state index in [1.807, 2.05) is 38.1 Å². The number of H-pyrrole nitrogens is 1. The van der Waals surface area contributed by atoms with Crippen LogP contribution < -0.4 is 14.8 Å². The van der Waals surface area contributed by atoms with Crippen molar-refractivity contribution < 1.29 is 29.3 Å². The van der Waals surface area contributed by atoms with Gasteiger partial charge in [-0.15, -0.1) is 0 Å². The van der Waals surface area contributed by atoms with E-state index in [2.05, 4.69) is 10.3 Å². The van der Waals surface area contributed by atoms with Gasteiger partial charge in [0.25, 0.3) is 0 Å². The molecule has 0 bridgehead atoms. The average molecular weight is 453 g/mol. The SMILES string of the molecule is CC(C)CC(O)C(C(=O)N[C@@H](Cc1c[nH]c2ccccc12)C(=O)O)c1ccc2c(c1)OCO2. The Morgan fingerprint density at radius 3 is 2.64 bits per heavy atom. The highest BCUT2D eigenvalue weighted by molar-refractivity contribution is 5.90. The highest BCUT2D eigenvalue weighted by Crippen LogP contribution is 2.36. The van der Waals surface area contributed by atoms with Crippen LogP contribution in [0.2, 0.25) is 0 Å². The number of aliphatic carboxylic acids is 1. The first kappa shape index (κ1) is 22.7. The van der Waals surface area contributed by atoms with Crippen molar-refractivity contribution >= 4 is 22.8 Å². The fourth-order valence-electron chi connectivity index (χ4n) is 4.26. The van der Waals surface area contributed by atoms with E-state index in [1.165, 1.54) is 0 Å². The third kappa shape index (κ3) is 4.96. The molecular formula is C25H28N2O6. The second kappa shape index (κ2) is 9.54. The van der Waals surface area contributed by atoms with Crippen LogP contribution in [0.25, 0.3) is 10.9 Å². The molecule has 33 heavy (non-hydrogen) atoms. The number of carbonyl (C=O) groups is 2. The van der Waals surface area contributed by atoms with Crippen molar-refractivity contribution in [1.82, 2.24) is 10.3 Å². The standard InChI is InChI=1S/C25H28N2O6/c1-14(2)9-20(28)23(15-7-8-21-22(11-15)33-13-32-21)24(29)27-19(25(30)31)10-16-12-26-18-6-4-3-5-17(16)18/h3-8,11-12,14,19-20,23,26,28H,9-10,13H2,1-2H3,(H,27,29)(H,30,31)/t19-,20?,23?/m0/s1. The Morgan fingerprint density at radius 2 is 1.88 bits per heavy atom. The lowest BCUT2D eigenvalue weighted by atomic mass is 9.87. The zero-order valence-electron chi connectivity index (χ0n) is 18.6. The van der Waals surface area contributed by atoms with Gasteiger partial charge in [-0.2, -0.15) is 0 Å². The minimum Gasteiger partial charge on any atom is -0.480 e. The number of aliphatic hydroxyl groups is 1. The molecule has 0 saturated carbocycles. The monoisotopic (exact) mass is 452 g/mol. The van der Waals surface area contributed by atoms with Crippen LogP contribution in [0.1, 0.15) is 37.3 Å². The molecule has 1 aromatic heterocycles. The Morgan fingerprint density at radius 1 is 1.12 bits per heavy atom. The summed E-state index contributed by atoms with van der Waals surface area (Å²) in [5.74, 6) is -1.43. The average Bonchev–Trinajstić information content (AvgIpc) is 3.39. The number of aliphatic hydroxyl groups excluding tert-OH is 1. The zero-order chi connectivity index (χ0) is 23.5. The lowest BCUT2D eigenvalue weighted by Gasteiger charge is -2.26. The molecule has 4 N–H and O–H groups in total. The molecule has 8 nitrogen and oxygen atoms in total. The Hall–Kier alpha value is -3.52. The molecule has 8 heteroatoms. The number of fused-ring (bicyclic) bond motifs is 2. The minimum atomic E-state index is -1.15. The van der Waals surface area contributed by atoms with Crippen LogP contribution in [0, 0.1) is 5.92 Å². The molecule has 0 radical (unpaired) electrons. The lowest BCUT2D eigenvalue weighted by Crippen LogP contribution is -2.46. The molecule has 1 aliphatic rings. The van der Waals surface area contributed by atoms with Gasteiger partial charge in [-0.05, 0) is 41.7 Å². The predicted molar refractivity (Wildman–Crippen MR) is 122 cm³/mol. The van der Waals surface area contributed by atoms with Gasteiger partial charge in [0.2, 0.25) is 12.7 Å². The molecular weight excluding hydrogens is 424 g/mol. The van der Waals surface area contributed by atoms with Gasteiger partial charge in [0.05, 0.1) is 12.0 Å². The summed E-state index contributed by atoms with van der Waals surface area (Å²) in [5.41, 5.74) is 2.23. The van der Waals surface area contributed by atoms with Gasteiger partial charge in [0.15, 0.2) is 11.5 Å². The Labute approximate surface area is 191 Å². The maximum absolute atomic E-state index is 13.4. The molecule has 0 fully saturated rings. The third-order valence-corrected chi connectivity index (χ3v) is 5.85. The van der Waals surface area contributed by atoms with E-state index < -0.39 is 29.9 Å². The topological polar surface area (TPSA) is 121 Å². The molecule has 2 unspecified atom stereocenters. The van der Waals surface area contributed by atoms with Crippen LogP contribution in [0.5, 0.6) is 11.5 Å². The van der Waals surface area contributed by atoms with Crippen LogP contribution in [0.15, 0.2) is 48.7 Å². The van der Waals surface area contributed by atoms with Crippen molar-refractivity contribution in [2.45, 2.75) is 44.8 Å². The smallest absolute Gasteiger partial charge is 0.326 e. The van der Waals surface area contributed by atoms with Crippen LogP contribution >= 0.6 is 0 Å². The highest BCUT2D eigenvalue weighted by Gasteiger charge is 2.33. The number of amides is 1. The third-order valence-electron chi connectivity index (χ3n) is 5.85. The number of rotatable bonds is 9. The maximum atomic E-state index is 13.4. The molecule has 0 spiro atoms. The molecule has 2 aromatic carbocycles. The van der Waals surface area contributed by atoms with Gasteiger partial charge >= 0.3 is 5.97 Å². The quantitative estimate of drug-likeness (QED) is 0.396. The van der Waals surface area contributed by atoms with Crippen molar-refractivity contribution in [3.63, 3.8) is 0 Å². The van der Waals surface area contributed by atoms with Crippen LogP contribution in [0.3, 0.4) is 0 Å². The second-order valence-corrected chi connectivity index (χ2v) is 8.75. The molecule has 2 heterocycles. The Kier molecular flexibility index (Phi) is 6.55. The van der Waals surface area contributed by atoms with Crippen LogP contribution in [-0.2, 0) is 16.0 Å². The number of nitrogens with one attached hydrogen (secondary N) is 2. The summed E-state index contributed by atoms with van der Waals surface area (Å²) in [6, 6.07) is 11.5. The zero-order valence-corrected chi connectivity index (χ0v) is 18.6. The van der Waals surface area contributed by atoms with E-state index in [9.17, 15) is 19.8 Å². The summed E-state index contributed by atoms with van der Waals surface area (Å²) in [6.07, 6.45) is 1.26. The number of carbonyl (C=O) groups excluding carboxylic acids is 1. The number of hydrogen-bond acceptors (Lipinski definition) is 5. The van der Waals surface area contributed by atoms with Gasteiger partial charge in [-0.1, -0.05) is 38.1 Å². The van der Waals surface area contributed by atoms with E-state index in [0.717, 1.165) is 16.5 Å². The van der Waals surface area contributed by atoms with Crippen molar-refractivity contribution in [2.24, 2.45) is 5.92 Å². The number of ether oxygens (including phenoxy) is 2. The van der Waals surface area contributed by atoms with Crippen molar-refractivity contribution in [1.29, 1.82) is 0 Å². The van der Waals surface area contributed by atoms with Crippen molar-refractivity contribution in [3.05, 3.63) is 59.8 Å².